The zero-order valence-electron chi connectivity index (χ0n) is 25.8. The molecular formula is C44H31NO. The van der Waals surface area contributed by atoms with E-state index in [4.69, 9.17) is 9.40 Å². The molecule has 2 heteroatoms. The lowest BCUT2D eigenvalue weighted by molar-refractivity contribution is 0.657. The second-order valence-electron chi connectivity index (χ2n) is 12.8. The third-order valence-corrected chi connectivity index (χ3v) is 9.65. The fourth-order valence-electron chi connectivity index (χ4n) is 7.41. The summed E-state index contributed by atoms with van der Waals surface area (Å²) < 4.78 is 6.29. The van der Waals surface area contributed by atoms with Crippen LogP contribution in [-0.2, 0) is 5.41 Å². The molecule has 8 aromatic rings. The van der Waals surface area contributed by atoms with Crippen LogP contribution in [0.2, 0.25) is 0 Å². The van der Waals surface area contributed by atoms with Crippen molar-refractivity contribution in [1.82, 2.24) is 4.98 Å². The predicted octanol–water partition coefficient (Wildman–Crippen LogP) is 12.0. The fourth-order valence-corrected chi connectivity index (χ4v) is 7.41. The number of furan rings is 1. The molecule has 0 saturated heterocycles. The van der Waals surface area contributed by atoms with Gasteiger partial charge in [0.25, 0.3) is 0 Å². The maximum atomic E-state index is 6.29. The van der Waals surface area contributed by atoms with E-state index in [-0.39, 0.29) is 5.41 Å². The van der Waals surface area contributed by atoms with E-state index in [0.29, 0.717) is 0 Å². The van der Waals surface area contributed by atoms with E-state index in [9.17, 15) is 0 Å². The van der Waals surface area contributed by atoms with E-state index in [0.717, 1.165) is 39.2 Å². The van der Waals surface area contributed by atoms with Gasteiger partial charge in [-0.15, -0.1) is 0 Å². The Bertz CT molecular complexity index is 2380. The molecule has 2 aromatic heterocycles. The first-order chi connectivity index (χ1) is 22.5. The molecule has 46 heavy (non-hydrogen) atoms. The number of benzene rings is 6. The molecule has 0 unspecified atom stereocenters. The van der Waals surface area contributed by atoms with Gasteiger partial charge >= 0.3 is 0 Å². The normalized spacial score (nSPS) is 13.2. The first kappa shape index (κ1) is 26.7. The van der Waals surface area contributed by atoms with E-state index in [1.807, 2.05) is 12.1 Å². The van der Waals surface area contributed by atoms with Gasteiger partial charge in [-0.3, -0.25) is 0 Å². The van der Waals surface area contributed by atoms with E-state index >= 15 is 0 Å². The Labute approximate surface area is 268 Å². The summed E-state index contributed by atoms with van der Waals surface area (Å²) in [7, 11) is 0. The molecule has 0 saturated carbocycles. The number of para-hydroxylation sites is 1. The molecule has 9 rings (SSSR count). The van der Waals surface area contributed by atoms with Crippen molar-refractivity contribution < 1.29 is 4.42 Å². The molecule has 6 aromatic carbocycles. The Kier molecular flexibility index (Phi) is 5.88. The molecule has 0 bridgehead atoms. The van der Waals surface area contributed by atoms with Crippen LogP contribution >= 0.6 is 0 Å². The predicted molar refractivity (Wildman–Crippen MR) is 191 cm³/mol. The molecule has 0 radical (unpaired) electrons. The van der Waals surface area contributed by atoms with Gasteiger partial charge in [-0.25, -0.2) is 4.98 Å². The van der Waals surface area contributed by atoms with Crippen molar-refractivity contribution in [3.63, 3.8) is 0 Å². The molecule has 0 fully saturated rings. The van der Waals surface area contributed by atoms with Crippen molar-refractivity contribution in [2.24, 2.45) is 0 Å². The average Bonchev–Trinajstić information content (AvgIpc) is 3.60. The summed E-state index contributed by atoms with van der Waals surface area (Å²) in [5.74, 6) is 0. The van der Waals surface area contributed by atoms with Crippen molar-refractivity contribution in [3.05, 3.63) is 163 Å². The Morgan fingerprint density at radius 3 is 1.91 bits per heavy atom. The molecule has 218 valence electrons. The molecule has 0 amide bonds. The van der Waals surface area contributed by atoms with Crippen LogP contribution in [0.4, 0.5) is 0 Å². The van der Waals surface area contributed by atoms with Crippen LogP contribution in [0.3, 0.4) is 0 Å². The fraction of sp³-hybridized carbons (Fsp3) is 0.0682. The SMILES string of the molecule is CC1(C)c2ccc(-c3cccc(-c4cc(-c5ccccc5)cc(-c5ccccc5)n4)c3)cc2-c2ccc3oc4ccccc4c3c21. The summed E-state index contributed by atoms with van der Waals surface area (Å²) in [4.78, 5) is 5.18. The average molecular weight is 590 g/mol. The first-order valence-electron chi connectivity index (χ1n) is 15.9. The maximum Gasteiger partial charge on any atom is 0.135 e. The Morgan fingerprint density at radius 2 is 1.11 bits per heavy atom. The number of fused-ring (bicyclic) bond motifs is 7. The molecule has 2 heterocycles. The van der Waals surface area contributed by atoms with Crippen LogP contribution in [0.25, 0.3) is 77.8 Å². The topological polar surface area (TPSA) is 26.0 Å². The highest BCUT2D eigenvalue weighted by Gasteiger charge is 2.38. The zero-order chi connectivity index (χ0) is 30.8. The zero-order valence-corrected chi connectivity index (χ0v) is 25.8. The van der Waals surface area contributed by atoms with Gasteiger partial charge in [0.1, 0.15) is 11.2 Å². The molecule has 0 aliphatic heterocycles. The lowest BCUT2D eigenvalue weighted by atomic mass is 9.80. The third kappa shape index (κ3) is 4.14. The van der Waals surface area contributed by atoms with E-state index in [1.165, 1.54) is 49.7 Å². The lowest BCUT2D eigenvalue weighted by Crippen LogP contribution is -2.15. The quantitative estimate of drug-likeness (QED) is 0.204. The molecule has 2 nitrogen and oxygen atoms in total. The van der Waals surface area contributed by atoms with Crippen LogP contribution < -0.4 is 0 Å². The summed E-state index contributed by atoms with van der Waals surface area (Å²) in [5.41, 5.74) is 15.9. The van der Waals surface area contributed by atoms with Crippen LogP contribution in [0.1, 0.15) is 25.0 Å². The van der Waals surface area contributed by atoms with Crippen molar-refractivity contribution in [1.29, 1.82) is 0 Å². The highest BCUT2D eigenvalue weighted by molar-refractivity contribution is 6.11. The molecule has 1 aliphatic rings. The van der Waals surface area contributed by atoms with Gasteiger partial charge in [-0.2, -0.15) is 0 Å². The minimum Gasteiger partial charge on any atom is -0.456 e. The standard InChI is InChI=1S/C44H31NO/c1-44(2)37-22-20-31(25-36(37)34-21-23-41-42(43(34)44)35-18-9-10-19-40(35)46-41)30-16-11-17-32(24-30)39-27-33(28-12-5-3-6-13-28)26-38(45-39)29-14-7-4-8-15-29/h3-27H,1-2H3. The molecule has 0 atom stereocenters. The molecule has 0 N–H and O–H groups in total. The number of nitrogens with zero attached hydrogens (tertiary/aromatic N) is 1. The first-order valence-corrected chi connectivity index (χ1v) is 15.9. The Hall–Kier alpha value is -5.73. The highest BCUT2D eigenvalue weighted by Crippen LogP contribution is 2.53. The van der Waals surface area contributed by atoms with Crippen LogP contribution in [0, 0.1) is 0 Å². The van der Waals surface area contributed by atoms with Crippen LogP contribution in [0.5, 0.6) is 0 Å². The third-order valence-electron chi connectivity index (χ3n) is 9.65. The van der Waals surface area contributed by atoms with Crippen molar-refractivity contribution in [3.8, 4) is 55.9 Å². The van der Waals surface area contributed by atoms with Gasteiger partial charge in [-0.1, -0.05) is 129 Å². The number of pyridine rings is 1. The van der Waals surface area contributed by atoms with E-state index < -0.39 is 0 Å². The van der Waals surface area contributed by atoms with Crippen LogP contribution in [0.15, 0.2) is 156 Å². The van der Waals surface area contributed by atoms with Gasteiger partial charge in [0.15, 0.2) is 0 Å². The van der Waals surface area contributed by atoms with Gasteiger partial charge in [0.2, 0.25) is 0 Å². The second-order valence-corrected chi connectivity index (χ2v) is 12.8. The lowest BCUT2D eigenvalue weighted by Gasteiger charge is -2.22. The minimum atomic E-state index is -0.146. The number of hydrogen-bond acceptors (Lipinski definition) is 2. The van der Waals surface area contributed by atoms with Gasteiger partial charge in [0, 0.05) is 27.3 Å². The largest absolute Gasteiger partial charge is 0.456 e. The van der Waals surface area contributed by atoms with Crippen molar-refractivity contribution in [2.45, 2.75) is 19.3 Å². The summed E-state index contributed by atoms with van der Waals surface area (Å²) in [6, 6.07) is 54.0. The summed E-state index contributed by atoms with van der Waals surface area (Å²) >= 11 is 0. The summed E-state index contributed by atoms with van der Waals surface area (Å²) in [6.07, 6.45) is 0. The highest BCUT2D eigenvalue weighted by atomic mass is 16.3. The summed E-state index contributed by atoms with van der Waals surface area (Å²) in [5, 5.41) is 2.42. The maximum absolute atomic E-state index is 6.29. The minimum absolute atomic E-state index is 0.146. The molecular weight excluding hydrogens is 558 g/mol. The Balaban J connectivity index is 1.17. The van der Waals surface area contributed by atoms with E-state index in [1.54, 1.807) is 0 Å². The van der Waals surface area contributed by atoms with Gasteiger partial charge < -0.3 is 4.42 Å². The smallest absolute Gasteiger partial charge is 0.135 e. The number of aromatic nitrogens is 1. The van der Waals surface area contributed by atoms with Crippen molar-refractivity contribution >= 4 is 21.9 Å². The molecule has 0 spiro atoms. The number of hydrogen-bond donors (Lipinski definition) is 0. The van der Waals surface area contributed by atoms with Gasteiger partial charge in [-0.05, 0) is 80.9 Å². The van der Waals surface area contributed by atoms with Gasteiger partial charge in [0.05, 0.1) is 11.4 Å². The number of rotatable bonds is 4. The Morgan fingerprint density at radius 1 is 0.457 bits per heavy atom. The van der Waals surface area contributed by atoms with Crippen LogP contribution in [-0.4, -0.2) is 4.98 Å². The second kappa shape index (κ2) is 10.2. The van der Waals surface area contributed by atoms with E-state index in [2.05, 4.69) is 153 Å². The molecule has 1 aliphatic carbocycles. The van der Waals surface area contributed by atoms with Crippen molar-refractivity contribution in [2.75, 3.05) is 0 Å². The monoisotopic (exact) mass is 589 g/mol. The summed E-state index contributed by atoms with van der Waals surface area (Å²) in [6.45, 7) is 4.68.